The van der Waals surface area contributed by atoms with Crippen LogP contribution < -0.4 is 0 Å². The van der Waals surface area contributed by atoms with Gasteiger partial charge in [0, 0.05) is 6.61 Å². The first-order valence-electron chi connectivity index (χ1n) is 2.93. The number of rotatable bonds is 5. The molecule has 3 heteroatoms. The van der Waals surface area contributed by atoms with E-state index in [1.165, 1.54) is 0 Å². The minimum absolute atomic E-state index is 0.243. The maximum Gasteiger partial charge on any atom is 0.0993 e. The second-order valence-electron chi connectivity index (χ2n) is 1.44. The van der Waals surface area contributed by atoms with Gasteiger partial charge in [-0.2, -0.15) is 4.91 Å². The molecule has 52 valence electrons. The van der Waals surface area contributed by atoms with Gasteiger partial charge < -0.3 is 4.74 Å². The summed E-state index contributed by atoms with van der Waals surface area (Å²) in [6.07, 6.45) is 3.47. The van der Waals surface area contributed by atoms with E-state index in [0.29, 0.717) is 13.2 Å². The smallest absolute Gasteiger partial charge is 0.0993 e. The number of ether oxygens (including phenoxy) is 1. The number of hydrogen-bond acceptors (Lipinski definition) is 3. The molecule has 0 unspecified atom stereocenters. The van der Waals surface area contributed by atoms with Gasteiger partial charge in [-0.15, -0.1) is 0 Å². The summed E-state index contributed by atoms with van der Waals surface area (Å²) in [6, 6.07) is 0. The van der Waals surface area contributed by atoms with E-state index in [1.54, 1.807) is 12.2 Å². The molecule has 0 bridgehead atoms. The average molecular weight is 129 g/mol. The van der Waals surface area contributed by atoms with E-state index < -0.39 is 0 Å². The summed E-state index contributed by atoms with van der Waals surface area (Å²) in [4.78, 5) is 9.50. The normalized spacial score (nSPS) is 10.3. The largest absolute Gasteiger partial charge is 0.378 e. The van der Waals surface area contributed by atoms with Crippen LogP contribution >= 0.6 is 0 Å². The Morgan fingerprint density at radius 1 is 1.56 bits per heavy atom. The third-order valence-corrected chi connectivity index (χ3v) is 0.765. The Kier molecular flexibility index (Phi) is 6.73. The lowest BCUT2D eigenvalue weighted by Gasteiger charge is -1.90. The number of hydrogen-bond donors (Lipinski definition) is 0. The predicted octanol–water partition coefficient (Wildman–Crippen LogP) is 1.35. The van der Waals surface area contributed by atoms with Crippen LogP contribution in [0.5, 0.6) is 0 Å². The highest BCUT2D eigenvalue weighted by molar-refractivity contribution is 4.83. The van der Waals surface area contributed by atoms with E-state index in [1.807, 2.05) is 6.92 Å². The molecule has 0 saturated heterocycles. The van der Waals surface area contributed by atoms with E-state index in [4.69, 9.17) is 4.74 Å². The quantitative estimate of drug-likeness (QED) is 0.319. The van der Waals surface area contributed by atoms with Crippen LogP contribution in [0.1, 0.15) is 6.92 Å². The van der Waals surface area contributed by atoms with E-state index in [9.17, 15) is 4.91 Å². The zero-order valence-electron chi connectivity index (χ0n) is 5.54. The van der Waals surface area contributed by atoms with Crippen molar-refractivity contribution in [2.75, 3.05) is 19.8 Å². The Morgan fingerprint density at radius 2 is 2.33 bits per heavy atom. The van der Waals surface area contributed by atoms with E-state index in [2.05, 4.69) is 5.18 Å². The molecule has 0 fully saturated rings. The predicted molar refractivity (Wildman–Crippen MR) is 36.3 cm³/mol. The lowest BCUT2D eigenvalue weighted by molar-refractivity contribution is 0.177. The molecule has 0 aliphatic heterocycles. The molecule has 3 nitrogen and oxygen atoms in total. The van der Waals surface area contributed by atoms with E-state index >= 15 is 0 Å². The lowest BCUT2D eigenvalue weighted by atomic mass is 10.5. The molecule has 9 heavy (non-hydrogen) atoms. The van der Waals surface area contributed by atoms with Crippen LogP contribution in [0.4, 0.5) is 0 Å². The Balaban J connectivity index is 2.94. The van der Waals surface area contributed by atoms with Crippen molar-refractivity contribution in [3.63, 3.8) is 0 Å². The molecular weight excluding hydrogens is 118 g/mol. The van der Waals surface area contributed by atoms with Crippen molar-refractivity contribution in [3.05, 3.63) is 17.1 Å². The van der Waals surface area contributed by atoms with Gasteiger partial charge in [-0.1, -0.05) is 17.3 Å². The molecule has 0 aliphatic rings. The van der Waals surface area contributed by atoms with Gasteiger partial charge in [0.1, 0.15) is 0 Å². The van der Waals surface area contributed by atoms with Gasteiger partial charge >= 0.3 is 0 Å². The van der Waals surface area contributed by atoms with Crippen LogP contribution in [0.25, 0.3) is 0 Å². The fraction of sp³-hybridized carbons (Fsp3) is 0.667. The maximum atomic E-state index is 9.50. The second-order valence-corrected chi connectivity index (χ2v) is 1.44. The van der Waals surface area contributed by atoms with Crippen LogP contribution in [-0.4, -0.2) is 19.8 Å². The minimum atomic E-state index is 0.243. The first-order chi connectivity index (χ1) is 4.41. The van der Waals surface area contributed by atoms with Gasteiger partial charge in [-0.05, 0) is 6.92 Å². The summed E-state index contributed by atoms with van der Waals surface area (Å²) >= 11 is 0. The lowest BCUT2D eigenvalue weighted by Crippen LogP contribution is -1.88. The third kappa shape index (κ3) is 7.30. The standard InChI is InChI=1S/C6H11NO2/c1-2-9-6-4-3-5-7-8/h3-4H,2,5-6H2,1H3/b4-3-. The van der Waals surface area contributed by atoms with Crippen LogP contribution in [0.2, 0.25) is 0 Å². The molecule has 0 aromatic carbocycles. The Morgan fingerprint density at radius 3 is 2.89 bits per heavy atom. The van der Waals surface area contributed by atoms with Gasteiger partial charge in [-0.3, -0.25) is 0 Å². The number of nitrogens with zero attached hydrogens (tertiary/aromatic N) is 1. The van der Waals surface area contributed by atoms with Crippen molar-refractivity contribution in [2.24, 2.45) is 5.18 Å². The van der Waals surface area contributed by atoms with E-state index in [-0.39, 0.29) is 6.54 Å². The fourth-order valence-electron chi connectivity index (χ4n) is 0.372. The van der Waals surface area contributed by atoms with Gasteiger partial charge in [-0.25, -0.2) is 0 Å². The van der Waals surface area contributed by atoms with E-state index in [0.717, 1.165) is 0 Å². The highest BCUT2D eigenvalue weighted by Gasteiger charge is 1.74. The summed E-state index contributed by atoms with van der Waals surface area (Å²) in [5, 5.41) is 2.64. The van der Waals surface area contributed by atoms with Gasteiger partial charge in [0.2, 0.25) is 0 Å². The molecule has 0 aromatic rings. The molecule has 0 aromatic heterocycles. The van der Waals surface area contributed by atoms with Crippen molar-refractivity contribution in [1.82, 2.24) is 0 Å². The topological polar surface area (TPSA) is 38.7 Å². The Hall–Kier alpha value is -0.700. The summed E-state index contributed by atoms with van der Waals surface area (Å²) in [5.41, 5.74) is 0. The van der Waals surface area contributed by atoms with Gasteiger partial charge in [0.15, 0.2) is 0 Å². The van der Waals surface area contributed by atoms with Crippen molar-refractivity contribution in [1.29, 1.82) is 0 Å². The first-order valence-corrected chi connectivity index (χ1v) is 2.93. The second kappa shape index (κ2) is 7.30. The summed E-state index contributed by atoms with van der Waals surface area (Å²) in [6.45, 7) is 3.45. The molecule has 0 atom stereocenters. The van der Waals surface area contributed by atoms with Gasteiger partial charge in [0.25, 0.3) is 0 Å². The Labute approximate surface area is 54.7 Å². The molecular formula is C6H11NO2. The minimum Gasteiger partial charge on any atom is -0.378 e. The molecule has 0 spiro atoms. The molecule has 0 heterocycles. The van der Waals surface area contributed by atoms with Gasteiger partial charge in [0.05, 0.1) is 13.2 Å². The van der Waals surface area contributed by atoms with Crippen LogP contribution in [-0.2, 0) is 4.74 Å². The molecule has 0 radical (unpaired) electrons. The number of nitroso groups, excluding NO2 is 1. The molecule has 0 amide bonds. The SMILES string of the molecule is CCOC/C=C\CN=O. The monoisotopic (exact) mass is 129 g/mol. The summed E-state index contributed by atoms with van der Waals surface area (Å²) in [7, 11) is 0. The van der Waals surface area contributed by atoms with Crippen LogP contribution in [0, 0.1) is 4.91 Å². The fourth-order valence-corrected chi connectivity index (χ4v) is 0.372. The maximum absolute atomic E-state index is 9.50. The van der Waals surface area contributed by atoms with Crippen molar-refractivity contribution in [2.45, 2.75) is 6.92 Å². The first kappa shape index (κ1) is 8.30. The van der Waals surface area contributed by atoms with Crippen molar-refractivity contribution >= 4 is 0 Å². The summed E-state index contributed by atoms with van der Waals surface area (Å²) < 4.78 is 4.95. The highest BCUT2D eigenvalue weighted by Crippen LogP contribution is 1.77. The molecule has 0 rings (SSSR count). The average Bonchev–Trinajstić information content (AvgIpc) is 1.89. The summed E-state index contributed by atoms with van der Waals surface area (Å²) in [5.74, 6) is 0. The third-order valence-electron chi connectivity index (χ3n) is 0.765. The zero-order chi connectivity index (χ0) is 6.95. The zero-order valence-corrected chi connectivity index (χ0v) is 5.54. The Bertz CT molecular complexity index is 91.1. The van der Waals surface area contributed by atoms with Crippen molar-refractivity contribution < 1.29 is 4.74 Å². The molecule has 0 saturated carbocycles. The van der Waals surface area contributed by atoms with Crippen molar-refractivity contribution in [3.8, 4) is 0 Å². The molecule has 0 N–H and O–H groups in total. The van der Waals surface area contributed by atoms with Crippen LogP contribution in [0.3, 0.4) is 0 Å². The van der Waals surface area contributed by atoms with Crippen LogP contribution in [0.15, 0.2) is 17.3 Å². The molecule has 0 aliphatic carbocycles. The highest BCUT2D eigenvalue weighted by atomic mass is 16.5.